The van der Waals surface area contributed by atoms with Crippen molar-refractivity contribution in [1.29, 1.82) is 5.26 Å². The van der Waals surface area contributed by atoms with Gasteiger partial charge in [0.1, 0.15) is 5.69 Å². The Balaban J connectivity index is 2.23. The van der Waals surface area contributed by atoms with Gasteiger partial charge in [-0.05, 0) is 23.8 Å². The number of rotatable bonds is 3. The summed E-state index contributed by atoms with van der Waals surface area (Å²) < 4.78 is 1.41. The lowest BCUT2D eigenvalue weighted by Gasteiger charge is -2.04. The van der Waals surface area contributed by atoms with Crippen molar-refractivity contribution in [2.75, 3.05) is 0 Å². The van der Waals surface area contributed by atoms with E-state index in [0.29, 0.717) is 12.1 Å². The lowest BCUT2D eigenvalue weighted by Crippen LogP contribution is -2.10. The van der Waals surface area contributed by atoms with Crippen molar-refractivity contribution in [3.05, 3.63) is 53.3 Å². The molecule has 5 nitrogen and oxygen atoms in total. The van der Waals surface area contributed by atoms with Crippen LogP contribution >= 0.6 is 0 Å². The van der Waals surface area contributed by atoms with Crippen LogP contribution in [-0.2, 0) is 6.54 Å². The summed E-state index contributed by atoms with van der Waals surface area (Å²) in [5.74, 6) is -1.00. The number of nitrogens with zero attached hydrogens (tertiary/aromatic N) is 3. The van der Waals surface area contributed by atoms with Crippen LogP contribution < -0.4 is 0 Å². The molecule has 5 heteroatoms. The quantitative estimate of drug-likeness (QED) is 0.861. The Morgan fingerprint density at radius 3 is 2.65 bits per heavy atom. The Labute approximate surface area is 97.5 Å². The number of hydrogen-bond donors (Lipinski definition) is 1. The summed E-state index contributed by atoms with van der Waals surface area (Å²) in [6.07, 6.45) is 1.45. The van der Waals surface area contributed by atoms with Crippen molar-refractivity contribution in [3.8, 4) is 6.07 Å². The van der Waals surface area contributed by atoms with Crippen molar-refractivity contribution in [2.45, 2.75) is 6.54 Å². The van der Waals surface area contributed by atoms with Gasteiger partial charge >= 0.3 is 5.97 Å². The molecular weight excluding hydrogens is 218 g/mol. The van der Waals surface area contributed by atoms with Gasteiger partial charge in [-0.15, -0.1) is 0 Å². The first-order valence-corrected chi connectivity index (χ1v) is 4.95. The lowest BCUT2D eigenvalue weighted by atomic mass is 10.1. The van der Waals surface area contributed by atoms with E-state index in [1.54, 1.807) is 24.3 Å². The third-order valence-corrected chi connectivity index (χ3v) is 2.35. The highest BCUT2D eigenvalue weighted by Crippen LogP contribution is 2.07. The zero-order valence-corrected chi connectivity index (χ0v) is 8.87. The predicted molar refractivity (Wildman–Crippen MR) is 59.4 cm³/mol. The first kappa shape index (κ1) is 10.9. The van der Waals surface area contributed by atoms with E-state index >= 15 is 0 Å². The van der Waals surface area contributed by atoms with Crippen LogP contribution in [0.25, 0.3) is 0 Å². The Kier molecular flexibility index (Phi) is 2.88. The third kappa shape index (κ3) is 2.32. The summed E-state index contributed by atoms with van der Waals surface area (Å²) in [7, 11) is 0. The van der Waals surface area contributed by atoms with Gasteiger partial charge in [0, 0.05) is 6.20 Å². The smallest absolute Gasteiger partial charge is 0.354 e. The number of carbonyl (C=O) groups is 1. The van der Waals surface area contributed by atoms with Crippen LogP contribution in [0.3, 0.4) is 0 Å². The molecule has 1 N–H and O–H groups in total. The third-order valence-electron chi connectivity index (χ3n) is 2.35. The Hall–Kier alpha value is -2.61. The Bertz CT molecular complexity index is 579. The average molecular weight is 227 g/mol. The van der Waals surface area contributed by atoms with E-state index in [4.69, 9.17) is 10.4 Å². The van der Waals surface area contributed by atoms with Crippen molar-refractivity contribution in [2.24, 2.45) is 0 Å². The minimum absolute atomic E-state index is 0.148. The summed E-state index contributed by atoms with van der Waals surface area (Å²) in [5, 5.41) is 21.5. The lowest BCUT2D eigenvalue weighted by molar-refractivity contribution is 0.0684. The summed E-state index contributed by atoms with van der Waals surface area (Å²) in [6, 6.07) is 10.4. The molecule has 17 heavy (non-hydrogen) atoms. The van der Waals surface area contributed by atoms with Crippen molar-refractivity contribution < 1.29 is 9.90 Å². The van der Waals surface area contributed by atoms with E-state index in [-0.39, 0.29) is 5.69 Å². The van der Waals surface area contributed by atoms with Gasteiger partial charge in [-0.25, -0.2) is 4.79 Å². The summed E-state index contributed by atoms with van der Waals surface area (Å²) >= 11 is 0. The molecule has 1 aromatic carbocycles. The molecule has 0 saturated heterocycles. The van der Waals surface area contributed by atoms with Crippen LogP contribution in [0.5, 0.6) is 0 Å². The first-order valence-electron chi connectivity index (χ1n) is 4.95. The molecule has 0 aliphatic carbocycles. The molecule has 1 heterocycles. The normalized spacial score (nSPS) is 9.82. The SMILES string of the molecule is N#Cc1ccc(Cn2nccc2C(=O)O)cc1. The number of hydrogen-bond acceptors (Lipinski definition) is 3. The zero-order valence-electron chi connectivity index (χ0n) is 8.87. The zero-order chi connectivity index (χ0) is 12.3. The highest BCUT2D eigenvalue weighted by Gasteiger charge is 2.09. The summed E-state index contributed by atoms with van der Waals surface area (Å²) in [6.45, 7) is 0.375. The predicted octanol–water partition coefficient (Wildman–Crippen LogP) is 1.50. The Morgan fingerprint density at radius 1 is 1.35 bits per heavy atom. The van der Waals surface area contributed by atoms with E-state index in [1.165, 1.54) is 16.9 Å². The molecular formula is C12H9N3O2. The number of carboxylic acid groups (broad SMARTS) is 1. The number of nitriles is 1. The molecule has 0 saturated carbocycles. The van der Waals surface area contributed by atoms with E-state index in [0.717, 1.165) is 5.56 Å². The first-order chi connectivity index (χ1) is 8.20. The molecule has 2 rings (SSSR count). The topological polar surface area (TPSA) is 78.9 Å². The van der Waals surface area contributed by atoms with E-state index in [2.05, 4.69) is 5.10 Å². The molecule has 0 atom stereocenters. The van der Waals surface area contributed by atoms with Crippen molar-refractivity contribution >= 4 is 5.97 Å². The molecule has 0 fully saturated rings. The second-order valence-corrected chi connectivity index (χ2v) is 3.49. The number of benzene rings is 1. The molecule has 0 aliphatic heterocycles. The fraction of sp³-hybridized carbons (Fsp3) is 0.0833. The van der Waals surface area contributed by atoms with E-state index in [1.807, 2.05) is 6.07 Å². The molecule has 1 aromatic heterocycles. The average Bonchev–Trinajstić information content (AvgIpc) is 2.78. The van der Waals surface area contributed by atoms with Crippen LogP contribution in [-0.4, -0.2) is 20.9 Å². The summed E-state index contributed by atoms with van der Waals surface area (Å²) in [4.78, 5) is 10.9. The molecule has 84 valence electrons. The molecule has 0 spiro atoms. The van der Waals surface area contributed by atoms with E-state index in [9.17, 15) is 4.79 Å². The monoisotopic (exact) mass is 227 g/mol. The standard InChI is InChI=1S/C12H9N3O2/c13-7-9-1-3-10(4-2-9)8-15-11(12(16)17)5-6-14-15/h1-6H,8H2,(H,16,17). The highest BCUT2D eigenvalue weighted by molar-refractivity contribution is 5.85. The fourth-order valence-electron chi connectivity index (χ4n) is 1.50. The van der Waals surface area contributed by atoms with Crippen LogP contribution in [0, 0.1) is 11.3 Å². The van der Waals surface area contributed by atoms with Crippen molar-refractivity contribution in [3.63, 3.8) is 0 Å². The second-order valence-electron chi connectivity index (χ2n) is 3.49. The van der Waals surface area contributed by atoms with Gasteiger partial charge < -0.3 is 5.11 Å². The van der Waals surface area contributed by atoms with Gasteiger partial charge in [-0.3, -0.25) is 4.68 Å². The van der Waals surface area contributed by atoms with Crippen LogP contribution in [0.15, 0.2) is 36.5 Å². The summed E-state index contributed by atoms with van der Waals surface area (Å²) in [5.41, 5.74) is 1.62. The van der Waals surface area contributed by atoms with Gasteiger partial charge in [0.05, 0.1) is 18.2 Å². The molecule has 0 bridgehead atoms. The van der Waals surface area contributed by atoms with Crippen LogP contribution in [0.1, 0.15) is 21.6 Å². The molecule has 0 radical (unpaired) electrons. The van der Waals surface area contributed by atoms with Gasteiger partial charge in [-0.2, -0.15) is 10.4 Å². The van der Waals surface area contributed by atoms with Gasteiger partial charge in [0.25, 0.3) is 0 Å². The number of carboxylic acids is 1. The maximum atomic E-state index is 10.9. The number of aromatic carboxylic acids is 1. The van der Waals surface area contributed by atoms with Crippen LogP contribution in [0.4, 0.5) is 0 Å². The minimum Gasteiger partial charge on any atom is -0.477 e. The maximum absolute atomic E-state index is 10.9. The van der Waals surface area contributed by atoms with E-state index < -0.39 is 5.97 Å². The Morgan fingerprint density at radius 2 is 2.06 bits per heavy atom. The largest absolute Gasteiger partial charge is 0.477 e. The van der Waals surface area contributed by atoms with Gasteiger partial charge in [0.15, 0.2) is 0 Å². The molecule has 0 amide bonds. The maximum Gasteiger partial charge on any atom is 0.354 e. The van der Waals surface area contributed by atoms with Crippen LogP contribution in [0.2, 0.25) is 0 Å². The molecule has 0 unspecified atom stereocenters. The van der Waals surface area contributed by atoms with Gasteiger partial charge in [-0.1, -0.05) is 12.1 Å². The highest BCUT2D eigenvalue weighted by atomic mass is 16.4. The van der Waals surface area contributed by atoms with Crippen molar-refractivity contribution in [1.82, 2.24) is 9.78 Å². The minimum atomic E-state index is -1.00. The number of aromatic nitrogens is 2. The fourth-order valence-corrected chi connectivity index (χ4v) is 1.50. The van der Waals surface area contributed by atoms with Gasteiger partial charge in [0.2, 0.25) is 0 Å². The molecule has 0 aliphatic rings. The molecule has 2 aromatic rings. The second kappa shape index (κ2) is 4.49.